The van der Waals surface area contributed by atoms with Crippen LogP contribution in [-0.4, -0.2) is 78.2 Å². The summed E-state index contributed by atoms with van der Waals surface area (Å²) in [6.45, 7) is 7.30. The Kier molecular flexibility index (Phi) is 9.05. The number of nitrogens with one attached hydrogen (secondary N) is 1. The Hall–Kier alpha value is -3.65. The first-order valence-electron chi connectivity index (χ1n) is 15.1. The van der Waals surface area contributed by atoms with Gasteiger partial charge in [-0.1, -0.05) is 35.5 Å². The van der Waals surface area contributed by atoms with Crippen LogP contribution in [0.3, 0.4) is 0 Å². The Morgan fingerprint density at radius 1 is 1.04 bits per heavy atom. The largest absolute Gasteiger partial charge is 0.381 e. The van der Waals surface area contributed by atoms with Gasteiger partial charge in [0.1, 0.15) is 16.7 Å². The topological polar surface area (TPSA) is 137 Å². The van der Waals surface area contributed by atoms with Crippen LogP contribution < -0.4 is 31.5 Å². The summed E-state index contributed by atoms with van der Waals surface area (Å²) in [6, 6.07) is 10.2. The number of benzene rings is 2. The van der Waals surface area contributed by atoms with E-state index < -0.39 is 6.03 Å². The summed E-state index contributed by atoms with van der Waals surface area (Å²) in [6.07, 6.45) is 3.72. The lowest BCUT2D eigenvalue weighted by Gasteiger charge is -2.37. The number of nitrogen functional groups attached to an aromatic ring is 1. The van der Waals surface area contributed by atoms with Gasteiger partial charge in [-0.25, -0.2) is 19.2 Å². The van der Waals surface area contributed by atoms with E-state index in [0.29, 0.717) is 33.7 Å². The van der Waals surface area contributed by atoms with E-state index in [1.807, 2.05) is 18.2 Å². The van der Waals surface area contributed by atoms with Gasteiger partial charge in [0.15, 0.2) is 5.82 Å². The second-order valence-electron chi connectivity index (χ2n) is 12.0. The first-order chi connectivity index (χ1) is 21.6. The molecule has 0 bridgehead atoms. The van der Waals surface area contributed by atoms with Gasteiger partial charge in [-0.3, -0.25) is 19.9 Å². The zero-order chi connectivity index (χ0) is 31.7. The van der Waals surface area contributed by atoms with Crippen molar-refractivity contribution in [3.8, 4) is 0 Å². The molecule has 5 N–H and O–H groups in total. The van der Waals surface area contributed by atoms with Gasteiger partial charge in [-0.05, 0) is 44.0 Å². The van der Waals surface area contributed by atoms with Gasteiger partial charge in [0.25, 0.3) is 0 Å². The van der Waals surface area contributed by atoms with Gasteiger partial charge in [-0.2, -0.15) is 0 Å². The summed E-state index contributed by atoms with van der Waals surface area (Å²) < 4.78 is 15.0. The van der Waals surface area contributed by atoms with Crippen LogP contribution in [0.15, 0.2) is 52.5 Å². The number of hydrogen-bond acceptors (Lipinski definition) is 10. The first-order valence-corrected chi connectivity index (χ1v) is 16.3. The minimum absolute atomic E-state index is 0.149. The minimum Gasteiger partial charge on any atom is -0.381 e. The van der Waals surface area contributed by atoms with Crippen molar-refractivity contribution in [2.45, 2.75) is 48.2 Å². The number of imide groups is 1. The van der Waals surface area contributed by atoms with Gasteiger partial charge < -0.3 is 21.3 Å². The quantitative estimate of drug-likeness (QED) is 0.342. The van der Waals surface area contributed by atoms with Crippen LogP contribution in [0.4, 0.5) is 32.2 Å². The number of carbonyl (C=O) groups excluding carboxylic acids is 2. The van der Waals surface area contributed by atoms with Gasteiger partial charge in [0.05, 0.1) is 16.9 Å². The van der Waals surface area contributed by atoms with Crippen molar-refractivity contribution >= 4 is 58.3 Å². The highest BCUT2D eigenvalue weighted by atomic mass is 35.5. The molecule has 3 saturated heterocycles. The molecule has 6 rings (SSSR count). The molecule has 2 aromatic carbocycles. The number of anilines is 4. The maximum Gasteiger partial charge on any atom is 0.328 e. The molecule has 0 saturated carbocycles. The van der Waals surface area contributed by atoms with E-state index in [1.54, 1.807) is 18.3 Å². The molecule has 11 nitrogen and oxygen atoms in total. The third kappa shape index (κ3) is 7.11. The molecule has 0 aliphatic carbocycles. The number of urea groups is 1. The summed E-state index contributed by atoms with van der Waals surface area (Å²) >= 11 is 8.32. The Balaban J connectivity index is 1.06. The van der Waals surface area contributed by atoms with Crippen molar-refractivity contribution < 1.29 is 14.0 Å². The van der Waals surface area contributed by atoms with Gasteiger partial charge in [0.2, 0.25) is 5.91 Å². The number of piperidine rings is 1. The number of nitrogens with zero attached hydrogens (tertiary/aromatic N) is 6. The standard InChI is InChI=1S/C31H37ClFN9O2S/c1-31(35)8-11-41(12-9-31)25-18-36-29(28(34)37-25)45-24-4-2-3-23(27(24)32)40-15-13-39(14-16-40)19-20-5-6-21(17-22(20)33)42-10-7-26(43)38-30(42)44/h2-6,17-18H,7-16,19,35H2,1H3,(H2,34,37)(H,38,43,44). The lowest BCUT2D eigenvalue weighted by Crippen LogP contribution is -2.49. The number of hydrogen-bond donors (Lipinski definition) is 3. The molecule has 0 atom stereocenters. The lowest BCUT2D eigenvalue weighted by molar-refractivity contribution is -0.120. The fourth-order valence-electron chi connectivity index (χ4n) is 5.82. The Morgan fingerprint density at radius 3 is 2.49 bits per heavy atom. The summed E-state index contributed by atoms with van der Waals surface area (Å²) in [5.74, 6) is 0.422. The number of halogens is 2. The molecule has 4 heterocycles. The van der Waals surface area contributed by atoms with Crippen LogP contribution >= 0.6 is 23.4 Å². The van der Waals surface area contributed by atoms with Gasteiger partial charge >= 0.3 is 6.03 Å². The smallest absolute Gasteiger partial charge is 0.328 e. The van der Waals surface area contributed by atoms with E-state index in [-0.39, 0.29) is 30.2 Å². The number of aromatic nitrogens is 2. The van der Waals surface area contributed by atoms with Crippen LogP contribution in [0.25, 0.3) is 0 Å². The second kappa shape index (κ2) is 13.0. The molecule has 1 aromatic heterocycles. The van der Waals surface area contributed by atoms with E-state index in [4.69, 9.17) is 23.1 Å². The van der Waals surface area contributed by atoms with E-state index >= 15 is 4.39 Å². The van der Waals surface area contributed by atoms with Crippen molar-refractivity contribution in [1.82, 2.24) is 20.2 Å². The molecule has 3 fully saturated rings. The molecule has 238 valence electrons. The molecule has 0 unspecified atom stereocenters. The molecule has 3 aliphatic heterocycles. The van der Waals surface area contributed by atoms with Crippen LogP contribution in [0.5, 0.6) is 0 Å². The van der Waals surface area contributed by atoms with Crippen LogP contribution in [0, 0.1) is 5.82 Å². The van der Waals surface area contributed by atoms with Crippen molar-refractivity contribution in [2.75, 3.05) is 66.2 Å². The van der Waals surface area contributed by atoms with Gasteiger partial charge in [-0.15, -0.1) is 0 Å². The molecule has 0 radical (unpaired) electrons. The molecule has 45 heavy (non-hydrogen) atoms. The average molecular weight is 654 g/mol. The number of carbonyl (C=O) groups is 2. The van der Waals surface area contributed by atoms with Crippen molar-refractivity contribution in [3.05, 3.63) is 59.0 Å². The fraction of sp³-hybridized carbons (Fsp3) is 0.419. The SMILES string of the molecule is CC1(N)CCN(c2cnc(Sc3cccc(N4CCN(Cc5ccc(N6CCC(=O)NC6=O)cc5F)CC4)c3Cl)c(N)n2)CC1. The summed E-state index contributed by atoms with van der Waals surface area (Å²) in [5.41, 5.74) is 14.4. The second-order valence-corrected chi connectivity index (χ2v) is 13.5. The Labute approximate surface area is 271 Å². The Bertz CT molecular complexity index is 1590. The van der Waals surface area contributed by atoms with Crippen molar-refractivity contribution in [2.24, 2.45) is 5.73 Å². The van der Waals surface area contributed by atoms with Crippen LogP contribution in [-0.2, 0) is 11.3 Å². The Morgan fingerprint density at radius 2 is 1.80 bits per heavy atom. The summed E-state index contributed by atoms with van der Waals surface area (Å²) in [7, 11) is 0. The monoisotopic (exact) mass is 653 g/mol. The highest BCUT2D eigenvalue weighted by molar-refractivity contribution is 7.99. The van der Waals surface area contributed by atoms with Crippen molar-refractivity contribution in [3.63, 3.8) is 0 Å². The van der Waals surface area contributed by atoms with E-state index in [1.165, 1.54) is 22.7 Å². The highest BCUT2D eigenvalue weighted by Gasteiger charge is 2.28. The molecule has 0 spiro atoms. The molecule has 14 heteroatoms. The molecule has 3 amide bonds. The van der Waals surface area contributed by atoms with Crippen LogP contribution in [0.2, 0.25) is 5.02 Å². The van der Waals surface area contributed by atoms with Crippen molar-refractivity contribution in [1.29, 1.82) is 0 Å². The van der Waals surface area contributed by atoms with E-state index in [9.17, 15) is 9.59 Å². The number of rotatable bonds is 7. The molecule has 3 aliphatic rings. The maximum absolute atomic E-state index is 15.0. The summed E-state index contributed by atoms with van der Waals surface area (Å²) in [4.78, 5) is 41.6. The van der Waals surface area contributed by atoms with Gasteiger partial charge in [0, 0.05) is 80.5 Å². The lowest BCUT2D eigenvalue weighted by atomic mass is 9.91. The molecular formula is C31H37ClFN9O2S. The fourth-order valence-corrected chi connectivity index (χ4v) is 6.98. The number of piperazine rings is 1. The maximum atomic E-state index is 15.0. The third-order valence-corrected chi connectivity index (χ3v) is 10.2. The van der Waals surface area contributed by atoms with E-state index in [2.05, 4.69) is 36.9 Å². The first kappa shape index (κ1) is 31.3. The third-order valence-electron chi connectivity index (χ3n) is 8.64. The minimum atomic E-state index is -0.529. The average Bonchev–Trinajstić information content (AvgIpc) is 3.01. The van der Waals surface area contributed by atoms with Crippen LogP contribution in [0.1, 0.15) is 31.7 Å². The predicted molar refractivity (Wildman–Crippen MR) is 175 cm³/mol. The zero-order valence-electron chi connectivity index (χ0n) is 25.1. The highest BCUT2D eigenvalue weighted by Crippen LogP contribution is 2.40. The van der Waals surface area contributed by atoms with E-state index in [0.717, 1.165) is 68.5 Å². The normalized spacial score (nSPS) is 19.2. The zero-order valence-corrected chi connectivity index (χ0v) is 26.7. The number of amides is 3. The predicted octanol–water partition coefficient (Wildman–Crippen LogP) is 4.09. The number of nitrogens with two attached hydrogens (primary N) is 2. The molecule has 3 aromatic rings. The molecular weight excluding hydrogens is 617 g/mol. The summed E-state index contributed by atoms with van der Waals surface area (Å²) in [5, 5.41) is 3.50.